The number of carbonyl (C=O) groups excluding carboxylic acids is 1. The molecule has 0 aliphatic carbocycles. The topological polar surface area (TPSA) is 107 Å². The Morgan fingerprint density at radius 1 is 1.16 bits per heavy atom. The number of ether oxygens (including phenoxy) is 1. The van der Waals surface area contributed by atoms with E-state index in [4.69, 9.17) is 27.2 Å². The predicted molar refractivity (Wildman–Crippen MR) is 150 cm³/mol. The Morgan fingerprint density at radius 2 is 1.84 bits per heavy atom. The Bertz CT molecular complexity index is 1330. The van der Waals surface area contributed by atoms with Crippen LogP contribution in [0.5, 0.6) is 5.75 Å². The summed E-state index contributed by atoms with van der Waals surface area (Å²) in [6.45, 7) is 14.0. The highest BCUT2D eigenvalue weighted by Crippen LogP contribution is 2.27. The summed E-state index contributed by atoms with van der Waals surface area (Å²) >= 11 is 5.80. The maximum atomic E-state index is 13.0. The first-order valence-electron chi connectivity index (χ1n) is 11.8. The number of nitrogens with one attached hydrogen (secondary N) is 2. The SMILES string of the molecule is C=C(Cl)/N=C(\C=C/N)Oc1ccc(C)cc1CNC(=O)Nc1cc(C(C)(C)C)nn1-c1ccc(C)cc1. The van der Waals surface area contributed by atoms with Crippen LogP contribution < -0.4 is 21.1 Å². The fourth-order valence-electron chi connectivity index (χ4n) is 3.41. The van der Waals surface area contributed by atoms with Gasteiger partial charge in [-0.05, 0) is 38.2 Å². The number of urea groups is 1. The third-order valence-corrected chi connectivity index (χ3v) is 5.42. The quantitative estimate of drug-likeness (QED) is 0.200. The van der Waals surface area contributed by atoms with E-state index in [1.807, 2.05) is 56.3 Å². The van der Waals surface area contributed by atoms with Crippen LogP contribution in [0.2, 0.25) is 0 Å². The summed E-state index contributed by atoms with van der Waals surface area (Å²) in [4.78, 5) is 17.0. The van der Waals surface area contributed by atoms with E-state index in [0.717, 1.165) is 28.1 Å². The number of aliphatic imine (C=N–C) groups is 1. The second-order valence-electron chi connectivity index (χ2n) is 9.62. The van der Waals surface area contributed by atoms with Crippen molar-refractivity contribution in [2.75, 3.05) is 5.32 Å². The molecule has 37 heavy (non-hydrogen) atoms. The number of nitrogens with two attached hydrogens (primary N) is 1. The van der Waals surface area contributed by atoms with Crippen LogP contribution in [0, 0.1) is 13.8 Å². The van der Waals surface area contributed by atoms with Crippen LogP contribution in [-0.4, -0.2) is 21.7 Å². The zero-order valence-corrected chi connectivity index (χ0v) is 22.6. The summed E-state index contributed by atoms with van der Waals surface area (Å²) in [5, 5.41) is 10.6. The summed E-state index contributed by atoms with van der Waals surface area (Å²) in [5.41, 5.74) is 9.91. The summed E-state index contributed by atoms with van der Waals surface area (Å²) in [7, 11) is 0. The molecule has 1 heterocycles. The van der Waals surface area contributed by atoms with E-state index in [0.29, 0.717) is 11.6 Å². The van der Waals surface area contributed by atoms with Gasteiger partial charge in [0.1, 0.15) is 16.7 Å². The molecule has 3 rings (SSSR count). The zero-order valence-electron chi connectivity index (χ0n) is 21.8. The number of nitrogens with zero attached hydrogens (tertiary/aromatic N) is 3. The van der Waals surface area contributed by atoms with Crippen molar-refractivity contribution in [1.29, 1.82) is 0 Å². The molecule has 0 saturated carbocycles. The lowest BCUT2D eigenvalue weighted by Crippen LogP contribution is -2.29. The Hall–Kier alpha value is -4.04. The maximum absolute atomic E-state index is 13.0. The number of rotatable bonds is 7. The van der Waals surface area contributed by atoms with Gasteiger partial charge in [0.15, 0.2) is 0 Å². The molecular formula is C28H33ClN6O2. The molecule has 194 valence electrons. The second kappa shape index (κ2) is 11.8. The van der Waals surface area contributed by atoms with Crippen molar-refractivity contribution >= 4 is 29.3 Å². The fraction of sp³-hybridized carbons (Fsp3) is 0.250. The molecule has 0 fully saturated rings. The van der Waals surface area contributed by atoms with Crippen molar-refractivity contribution in [3.05, 3.63) is 94.9 Å². The fourth-order valence-corrected chi connectivity index (χ4v) is 3.49. The number of aryl methyl sites for hydroxylation is 2. The van der Waals surface area contributed by atoms with Gasteiger partial charge in [0.05, 0.1) is 11.4 Å². The molecule has 3 aromatic rings. The van der Waals surface area contributed by atoms with E-state index in [1.165, 1.54) is 12.3 Å². The van der Waals surface area contributed by atoms with Crippen LogP contribution in [0.4, 0.5) is 10.6 Å². The van der Waals surface area contributed by atoms with Gasteiger partial charge in [0, 0.05) is 29.7 Å². The molecule has 0 saturated heterocycles. The standard InChI is InChI=1S/C28H33ClN6O2/c1-18-7-10-22(11-8-18)35-25(16-24(34-35)28(4,5)6)33-27(36)31-17-21-15-19(2)9-12-23(21)37-26(13-14-30)32-20(3)29/h7-16H,3,17,30H2,1-2,4-6H3,(H2,31,33,36)/b14-13-,32-26+. The van der Waals surface area contributed by atoms with Crippen molar-refractivity contribution < 1.29 is 9.53 Å². The van der Waals surface area contributed by atoms with Crippen LogP contribution >= 0.6 is 11.6 Å². The van der Waals surface area contributed by atoms with Crippen molar-refractivity contribution in [2.24, 2.45) is 10.7 Å². The van der Waals surface area contributed by atoms with Gasteiger partial charge >= 0.3 is 6.03 Å². The van der Waals surface area contributed by atoms with Crippen molar-refractivity contribution in [3.8, 4) is 11.4 Å². The van der Waals surface area contributed by atoms with E-state index in [9.17, 15) is 4.79 Å². The minimum Gasteiger partial charge on any atom is -0.439 e. The first-order valence-corrected chi connectivity index (χ1v) is 12.2. The molecule has 8 nitrogen and oxygen atoms in total. The Labute approximate surface area is 222 Å². The minimum atomic E-state index is -0.383. The van der Waals surface area contributed by atoms with Gasteiger partial charge in [-0.15, -0.1) is 0 Å². The highest BCUT2D eigenvalue weighted by atomic mass is 35.5. The molecule has 0 aliphatic heterocycles. The Kier molecular flexibility index (Phi) is 8.78. The van der Waals surface area contributed by atoms with Gasteiger partial charge < -0.3 is 15.8 Å². The normalized spacial score (nSPS) is 12.0. The molecule has 4 N–H and O–H groups in total. The van der Waals surface area contributed by atoms with Crippen molar-refractivity contribution in [2.45, 2.75) is 46.6 Å². The van der Waals surface area contributed by atoms with Crippen LogP contribution in [0.15, 0.2) is 77.5 Å². The van der Waals surface area contributed by atoms with E-state index < -0.39 is 0 Å². The van der Waals surface area contributed by atoms with Crippen LogP contribution in [0.25, 0.3) is 5.69 Å². The number of carbonyl (C=O) groups is 1. The Balaban J connectivity index is 1.81. The molecule has 0 spiro atoms. The van der Waals surface area contributed by atoms with Gasteiger partial charge in [-0.25, -0.2) is 14.5 Å². The molecule has 2 amide bonds. The average molecular weight is 521 g/mol. The molecule has 0 radical (unpaired) electrons. The van der Waals surface area contributed by atoms with Gasteiger partial charge in [0.2, 0.25) is 5.90 Å². The lowest BCUT2D eigenvalue weighted by Gasteiger charge is -2.14. The van der Waals surface area contributed by atoms with Gasteiger partial charge in [-0.2, -0.15) is 5.10 Å². The highest BCUT2D eigenvalue weighted by molar-refractivity contribution is 6.29. The number of hydrogen-bond acceptors (Lipinski definition) is 5. The molecule has 0 unspecified atom stereocenters. The number of halogens is 1. The third kappa shape index (κ3) is 7.72. The van der Waals surface area contributed by atoms with Gasteiger partial charge in [0.25, 0.3) is 0 Å². The van der Waals surface area contributed by atoms with Gasteiger partial charge in [-0.3, -0.25) is 5.32 Å². The smallest absolute Gasteiger partial charge is 0.320 e. The zero-order chi connectivity index (χ0) is 27.2. The lowest BCUT2D eigenvalue weighted by molar-refractivity contribution is 0.251. The van der Waals surface area contributed by atoms with E-state index >= 15 is 0 Å². The number of benzene rings is 2. The summed E-state index contributed by atoms with van der Waals surface area (Å²) < 4.78 is 7.62. The van der Waals surface area contributed by atoms with Crippen LogP contribution in [0.1, 0.15) is 43.2 Å². The largest absolute Gasteiger partial charge is 0.439 e. The first-order chi connectivity index (χ1) is 17.5. The van der Waals surface area contributed by atoms with Crippen molar-refractivity contribution in [1.82, 2.24) is 15.1 Å². The number of amides is 2. The minimum absolute atomic E-state index is 0.0547. The molecule has 9 heteroatoms. The number of aromatic nitrogens is 2. The van der Waals surface area contributed by atoms with E-state index in [2.05, 4.69) is 43.0 Å². The van der Waals surface area contributed by atoms with Crippen LogP contribution in [-0.2, 0) is 12.0 Å². The van der Waals surface area contributed by atoms with Gasteiger partial charge in [-0.1, -0.05) is 74.3 Å². The summed E-state index contributed by atoms with van der Waals surface area (Å²) in [6.07, 6.45) is 2.76. The number of anilines is 1. The van der Waals surface area contributed by atoms with Crippen molar-refractivity contribution in [3.63, 3.8) is 0 Å². The Morgan fingerprint density at radius 3 is 2.46 bits per heavy atom. The average Bonchev–Trinajstić information content (AvgIpc) is 3.23. The van der Waals surface area contributed by atoms with Crippen LogP contribution in [0.3, 0.4) is 0 Å². The molecule has 2 aromatic carbocycles. The van der Waals surface area contributed by atoms with E-state index in [1.54, 1.807) is 10.7 Å². The highest BCUT2D eigenvalue weighted by Gasteiger charge is 2.21. The second-order valence-corrected chi connectivity index (χ2v) is 10.1. The first kappa shape index (κ1) is 27.5. The number of hydrogen-bond donors (Lipinski definition) is 3. The molecule has 0 atom stereocenters. The third-order valence-electron chi connectivity index (χ3n) is 5.34. The molecule has 1 aromatic heterocycles. The molecule has 0 aliphatic rings. The van der Waals surface area contributed by atoms with E-state index in [-0.39, 0.29) is 29.0 Å². The molecular weight excluding hydrogens is 488 g/mol. The monoisotopic (exact) mass is 520 g/mol. The summed E-state index contributed by atoms with van der Waals surface area (Å²) in [5.74, 6) is 1.24. The predicted octanol–water partition coefficient (Wildman–Crippen LogP) is 6.07. The molecule has 0 bridgehead atoms. The lowest BCUT2D eigenvalue weighted by atomic mass is 9.92. The summed E-state index contributed by atoms with van der Waals surface area (Å²) in [6, 6.07) is 15.1. The maximum Gasteiger partial charge on any atom is 0.320 e.